The molecule has 2 atom stereocenters. The third-order valence-corrected chi connectivity index (χ3v) is 6.35. The SMILES string of the molecule is CC(C)(C)[S@+]([O-])N[C@@H](CCC1OCCCO1)c1cc(Cl)cc2ccncc12. The van der Waals surface area contributed by atoms with Crippen LogP contribution in [0.1, 0.15) is 51.6 Å². The molecule has 0 unspecified atom stereocenters. The van der Waals surface area contributed by atoms with Crippen molar-refractivity contribution in [1.82, 2.24) is 9.71 Å². The number of rotatable bonds is 6. The number of hydrogen-bond donors (Lipinski definition) is 1. The maximum atomic E-state index is 12.8. The van der Waals surface area contributed by atoms with E-state index < -0.39 is 11.4 Å². The standard InChI is InChI=1S/C20H27ClN2O3S/c1-20(2,3)27(24)23-18(5-6-19-25-9-4-10-26-19)16-12-15(21)11-14-7-8-22-13-17(14)16/h7-8,11-13,18-19,23H,4-6,9-10H2,1-3H3/t18-,27-/m0/s1. The lowest BCUT2D eigenvalue weighted by Crippen LogP contribution is -2.41. The van der Waals surface area contributed by atoms with Crippen LogP contribution in [0, 0.1) is 0 Å². The summed E-state index contributed by atoms with van der Waals surface area (Å²) in [4.78, 5) is 4.27. The summed E-state index contributed by atoms with van der Waals surface area (Å²) in [5, 5.41) is 2.68. The van der Waals surface area contributed by atoms with Gasteiger partial charge in [-0.05, 0) is 62.8 Å². The van der Waals surface area contributed by atoms with Crippen LogP contribution < -0.4 is 4.72 Å². The second-order valence-electron chi connectivity index (χ2n) is 7.75. The van der Waals surface area contributed by atoms with Crippen LogP contribution in [0.2, 0.25) is 5.02 Å². The molecular formula is C20H27ClN2O3S. The Balaban J connectivity index is 1.88. The molecule has 1 saturated heterocycles. The predicted octanol–water partition coefficient (Wildman–Crippen LogP) is 4.52. The Bertz CT molecular complexity index is 762. The Hall–Kier alpha value is -0.890. The minimum atomic E-state index is -1.22. The van der Waals surface area contributed by atoms with E-state index in [9.17, 15) is 4.55 Å². The number of pyridine rings is 1. The van der Waals surface area contributed by atoms with E-state index in [4.69, 9.17) is 21.1 Å². The number of nitrogens with zero attached hydrogens (tertiary/aromatic N) is 1. The third-order valence-electron chi connectivity index (χ3n) is 4.52. The van der Waals surface area contributed by atoms with Crippen molar-refractivity contribution in [2.75, 3.05) is 13.2 Å². The predicted molar refractivity (Wildman–Crippen MR) is 110 cm³/mol. The van der Waals surface area contributed by atoms with Crippen molar-refractivity contribution in [3.63, 3.8) is 0 Å². The molecule has 1 aliphatic heterocycles. The number of ether oxygens (including phenoxy) is 2. The number of benzene rings is 1. The monoisotopic (exact) mass is 410 g/mol. The lowest BCUT2D eigenvalue weighted by Gasteiger charge is -2.30. The molecule has 1 fully saturated rings. The maximum absolute atomic E-state index is 12.8. The summed E-state index contributed by atoms with van der Waals surface area (Å²) in [5.41, 5.74) is 0.999. The summed E-state index contributed by atoms with van der Waals surface area (Å²) >= 11 is 5.15. The van der Waals surface area contributed by atoms with Gasteiger partial charge < -0.3 is 14.0 Å². The van der Waals surface area contributed by atoms with Gasteiger partial charge in [0.15, 0.2) is 6.29 Å². The van der Waals surface area contributed by atoms with Crippen LogP contribution >= 0.6 is 11.6 Å². The number of aromatic nitrogens is 1. The highest BCUT2D eigenvalue weighted by atomic mass is 35.5. The molecule has 1 aromatic heterocycles. The molecule has 0 bridgehead atoms. The molecule has 1 aliphatic rings. The van der Waals surface area contributed by atoms with Gasteiger partial charge >= 0.3 is 0 Å². The van der Waals surface area contributed by atoms with E-state index in [0.29, 0.717) is 11.4 Å². The molecule has 0 spiro atoms. The van der Waals surface area contributed by atoms with E-state index >= 15 is 0 Å². The molecule has 1 aromatic carbocycles. The van der Waals surface area contributed by atoms with Crippen molar-refractivity contribution >= 4 is 33.7 Å². The highest BCUT2D eigenvalue weighted by Crippen LogP contribution is 2.32. The van der Waals surface area contributed by atoms with Crippen LogP contribution in [-0.2, 0) is 20.8 Å². The van der Waals surface area contributed by atoms with E-state index in [1.807, 2.05) is 45.2 Å². The van der Waals surface area contributed by atoms with Gasteiger partial charge in [0.25, 0.3) is 0 Å². The minimum absolute atomic E-state index is 0.149. The van der Waals surface area contributed by atoms with Gasteiger partial charge in [0.1, 0.15) is 4.75 Å². The molecule has 7 heteroatoms. The molecule has 0 radical (unpaired) electrons. The normalized spacial score (nSPS) is 18.6. The second kappa shape index (κ2) is 9.07. The second-order valence-corrected chi connectivity index (χ2v) is 10.2. The van der Waals surface area contributed by atoms with Crippen molar-refractivity contribution in [1.29, 1.82) is 0 Å². The number of hydrogen-bond acceptors (Lipinski definition) is 5. The first kappa shape index (κ1) is 20.8. The molecule has 2 aromatic rings. The van der Waals surface area contributed by atoms with Crippen LogP contribution in [0.15, 0.2) is 30.6 Å². The minimum Gasteiger partial charge on any atom is -0.598 e. The van der Waals surface area contributed by atoms with Gasteiger partial charge in [-0.3, -0.25) is 4.98 Å². The molecule has 0 saturated carbocycles. The summed E-state index contributed by atoms with van der Waals surface area (Å²) in [6, 6.07) is 5.65. The van der Waals surface area contributed by atoms with Gasteiger partial charge in [-0.2, -0.15) is 0 Å². The van der Waals surface area contributed by atoms with Crippen molar-refractivity contribution in [3.05, 3.63) is 41.2 Å². The molecule has 5 nitrogen and oxygen atoms in total. The van der Waals surface area contributed by atoms with E-state index in [1.165, 1.54) is 0 Å². The Morgan fingerprint density at radius 3 is 2.78 bits per heavy atom. The summed E-state index contributed by atoms with van der Waals surface area (Å²) in [5.74, 6) is 0. The Morgan fingerprint density at radius 2 is 2.07 bits per heavy atom. The van der Waals surface area contributed by atoms with Gasteiger partial charge in [0.2, 0.25) is 0 Å². The lowest BCUT2D eigenvalue weighted by molar-refractivity contribution is -0.182. The topological polar surface area (TPSA) is 66.4 Å². The first-order chi connectivity index (χ1) is 12.8. The molecule has 27 heavy (non-hydrogen) atoms. The van der Waals surface area contributed by atoms with E-state index in [0.717, 1.165) is 42.4 Å². The molecule has 1 N–H and O–H groups in total. The Kier molecular flexibility index (Phi) is 7.00. The van der Waals surface area contributed by atoms with Gasteiger partial charge in [-0.1, -0.05) is 11.6 Å². The van der Waals surface area contributed by atoms with Crippen LogP contribution in [0.4, 0.5) is 0 Å². The molecule has 2 heterocycles. The van der Waals surface area contributed by atoms with Crippen LogP contribution in [-0.4, -0.2) is 33.8 Å². The first-order valence-corrected chi connectivity index (χ1v) is 10.8. The van der Waals surface area contributed by atoms with Gasteiger partial charge in [-0.25, -0.2) is 0 Å². The fourth-order valence-electron chi connectivity index (χ4n) is 3.07. The molecule has 3 rings (SSSR count). The highest BCUT2D eigenvalue weighted by Gasteiger charge is 2.31. The van der Waals surface area contributed by atoms with Gasteiger partial charge in [0, 0.05) is 40.6 Å². The lowest BCUT2D eigenvalue weighted by atomic mass is 9.97. The quantitative estimate of drug-likeness (QED) is 0.709. The summed E-state index contributed by atoms with van der Waals surface area (Å²) in [7, 11) is 0. The molecule has 0 amide bonds. The van der Waals surface area contributed by atoms with Crippen molar-refractivity contribution < 1.29 is 14.0 Å². The molecule has 148 valence electrons. The van der Waals surface area contributed by atoms with Crippen molar-refractivity contribution in [2.45, 2.75) is 57.1 Å². The largest absolute Gasteiger partial charge is 0.598 e. The average Bonchev–Trinajstić information content (AvgIpc) is 2.64. The number of halogens is 1. The maximum Gasteiger partial charge on any atom is 0.157 e. The van der Waals surface area contributed by atoms with E-state index in [-0.39, 0.29) is 17.1 Å². The van der Waals surface area contributed by atoms with E-state index in [2.05, 4.69) is 9.71 Å². The smallest absolute Gasteiger partial charge is 0.157 e. The summed E-state index contributed by atoms with van der Waals surface area (Å²) in [6.07, 6.45) is 5.74. The first-order valence-electron chi connectivity index (χ1n) is 9.29. The molecule has 0 aliphatic carbocycles. The number of fused-ring (bicyclic) bond motifs is 1. The zero-order valence-corrected chi connectivity index (χ0v) is 17.6. The van der Waals surface area contributed by atoms with Gasteiger partial charge in [0.05, 0.1) is 19.3 Å². The zero-order chi connectivity index (χ0) is 19.4. The van der Waals surface area contributed by atoms with Crippen molar-refractivity contribution in [2.24, 2.45) is 0 Å². The van der Waals surface area contributed by atoms with Crippen LogP contribution in [0.5, 0.6) is 0 Å². The average molecular weight is 411 g/mol. The van der Waals surface area contributed by atoms with Crippen LogP contribution in [0.3, 0.4) is 0 Å². The molecular weight excluding hydrogens is 384 g/mol. The van der Waals surface area contributed by atoms with Crippen LogP contribution in [0.25, 0.3) is 10.8 Å². The fourth-order valence-corrected chi connectivity index (χ4v) is 4.16. The zero-order valence-electron chi connectivity index (χ0n) is 16.0. The Morgan fingerprint density at radius 1 is 1.33 bits per heavy atom. The van der Waals surface area contributed by atoms with E-state index in [1.54, 1.807) is 6.20 Å². The van der Waals surface area contributed by atoms with Crippen molar-refractivity contribution in [3.8, 4) is 0 Å². The summed E-state index contributed by atoms with van der Waals surface area (Å²) < 4.78 is 27.1. The van der Waals surface area contributed by atoms with Gasteiger partial charge in [-0.15, -0.1) is 4.72 Å². The highest BCUT2D eigenvalue weighted by molar-refractivity contribution is 7.90. The summed E-state index contributed by atoms with van der Waals surface area (Å²) in [6.45, 7) is 7.32. The third kappa shape index (κ3) is 5.56. The fraction of sp³-hybridized carbons (Fsp3) is 0.550. The Labute approximate surface area is 169 Å². The number of nitrogens with one attached hydrogen (secondary N) is 1.